The van der Waals surface area contributed by atoms with Crippen molar-refractivity contribution < 1.29 is 0 Å². The predicted molar refractivity (Wildman–Crippen MR) is 202 cm³/mol. The topological polar surface area (TPSA) is 29.0 Å². The average Bonchev–Trinajstić information content (AvgIpc) is 3.08. The molecule has 0 spiro atoms. The standard InChI is InChI=1S/C45H41N3/c1-29-24-31(3)42(32(4)25-29)44(43-33(5)26-30(2)27-34(43)6)36-17-19-39(20-18-36)48(40-21-16-35-12-10-11-15-38(35)28-40)41-22-23-46-45(47-41)37-13-8-7-9-14-37/h7-28,44H,1-6H3. The number of hydrogen-bond acceptors (Lipinski definition) is 3. The second kappa shape index (κ2) is 12.9. The molecule has 0 aliphatic rings. The van der Waals surface area contributed by atoms with Gasteiger partial charge in [-0.3, -0.25) is 4.90 Å². The van der Waals surface area contributed by atoms with Crippen LogP contribution in [0.4, 0.5) is 17.2 Å². The first-order chi connectivity index (χ1) is 23.3. The Hall–Kier alpha value is -5.54. The third-order valence-corrected chi connectivity index (χ3v) is 9.43. The number of fused-ring (bicyclic) bond motifs is 1. The molecular formula is C45H41N3. The summed E-state index contributed by atoms with van der Waals surface area (Å²) in [5.41, 5.74) is 15.0. The quantitative estimate of drug-likeness (QED) is 0.165. The molecule has 0 radical (unpaired) electrons. The minimum absolute atomic E-state index is 0.109. The van der Waals surface area contributed by atoms with Crippen LogP contribution >= 0.6 is 0 Å². The normalized spacial score (nSPS) is 11.3. The van der Waals surface area contributed by atoms with Crippen LogP contribution in [0, 0.1) is 41.5 Å². The van der Waals surface area contributed by atoms with E-state index in [1.54, 1.807) is 0 Å². The van der Waals surface area contributed by atoms with Crippen LogP contribution in [-0.2, 0) is 0 Å². The lowest BCUT2D eigenvalue weighted by Crippen LogP contribution is -2.14. The molecule has 7 aromatic rings. The van der Waals surface area contributed by atoms with Crippen molar-refractivity contribution in [1.82, 2.24) is 9.97 Å². The first-order valence-corrected chi connectivity index (χ1v) is 16.7. The van der Waals surface area contributed by atoms with Gasteiger partial charge < -0.3 is 0 Å². The van der Waals surface area contributed by atoms with E-state index in [9.17, 15) is 0 Å². The Balaban J connectivity index is 1.39. The van der Waals surface area contributed by atoms with Gasteiger partial charge in [0, 0.05) is 29.1 Å². The molecule has 1 heterocycles. The fourth-order valence-electron chi connectivity index (χ4n) is 7.52. The molecule has 3 nitrogen and oxygen atoms in total. The molecule has 0 aliphatic carbocycles. The van der Waals surface area contributed by atoms with Crippen LogP contribution in [0.15, 0.2) is 134 Å². The Bertz CT molecular complexity index is 2150. The molecule has 6 aromatic carbocycles. The molecule has 0 amide bonds. The Labute approximate surface area is 284 Å². The molecule has 0 unspecified atom stereocenters. The largest absolute Gasteiger partial charge is 0.295 e. The van der Waals surface area contributed by atoms with Crippen LogP contribution in [0.1, 0.15) is 56.0 Å². The van der Waals surface area contributed by atoms with E-state index in [1.165, 1.54) is 60.8 Å². The molecule has 0 N–H and O–H groups in total. The number of hydrogen-bond donors (Lipinski definition) is 0. The van der Waals surface area contributed by atoms with Gasteiger partial charge in [-0.1, -0.05) is 108 Å². The second-order valence-electron chi connectivity index (χ2n) is 13.1. The van der Waals surface area contributed by atoms with Crippen molar-refractivity contribution in [1.29, 1.82) is 0 Å². The summed E-state index contributed by atoms with van der Waals surface area (Å²) in [5.74, 6) is 1.63. The Kier molecular flexibility index (Phi) is 8.37. The first kappa shape index (κ1) is 31.1. The monoisotopic (exact) mass is 623 g/mol. The zero-order valence-corrected chi connectivity index (χ0v) is 28.6. The van der Waals surface area contributed by atoms with E-state index in [4.69, 9.17) is 4.98 Å². The van der Waals surface area contributed by atoms with Crippen LogP contribution < -0.4 is 4.90 Å². The molecule has 0 atom stereocenters. The second-order valence-corrected chi connectivity index (χ2v) is 13.1. The van der Waals surface area contributed by atoms with E-state index in [2.05, 4.69) is 155 Å². The van der Waals surface area contributed by atoms with Gasteiger partial charge in [0.05, 0.1) is 0 Å². The number of aryl methyl sites for hydroxylation is 6. The number of rotatable bonds is 7. The molecule has 0 bridgehead atoms. The molecule has 0 fully saturated rings. The maximum Gasteiger partial charge on any atom is 0.161 e. The molecule has 7 rings (SSSR count). The van der Waals surface area contributed by atoms with Crippen molar-refractivity contribution in [3.8, 4) is 11.4 Å². The highest BCUT2D eigenvalue weighted by atomic mass is 15.2. The molecule has 236 valence electrons. The summed E-state index contributed by atoms with van der Waals surface area (Å²) in [6.45, 7) is 13.4. The van der Waals surface area contributed by atoms with Gasteiger partial charge in [-0.15, -0.1) is 0 Å². The van der Waals surface area contributed by atoms with Crippen LogP contribution in [0.3, 0.4) is 0 Å². The SMILES string of the molecule is Cc1cc(C)c(C(c2ccc(N(c3ccc4ccccc4c3)c3ccnc(-c4ccccc4)n3)cc2)c2c(C)cc(C)cc2C)c(C)c1. The van der Waals surface area contributed by atoms with E-state index in [0.717, 1.165) is 22.8 Å². The molecular weight excluding hydrogens is 583 g/mol. The van der Waals surface area contributed by atoms with Crippen molar-refractivity contribution in [3.05, 3.63) is 184 Å². The summed E-state index contributed by atoms with van der Waals surface area (Å²) in [6, 6.07) is 45.7. The van der Waals surface area contributed by atoms with Crippen molar-refractivity contribution in [2.45, 2.75) is 47.5 Å². The number of benzene rings is 6. The Morgan fingerprint density at radius 3 is 1.65 bits per heavy atom. The zero-order chi connectivity index (χ0) is 33.4. The van der Waals surface area contributed by atoms with Crippen LogP contribution in [0.25, 0.3) is 22.2 Å². The molecule has 0 aliphatic heterocycles. The summed E-state index contributed by atoms with van der Waals surface area (Å²) in [7, 11) is 0. The van der Waals surface area contributed by atoms with Gasteiger partial charge in [-0.2, -0.15) is 0 Å². The van der Waals surface area contributed by atoms with Crippen molar-refractivity contribution in [3.63, 3.8) is 0 Å². The first-order valence-electron chi connectivity index (χ1n) is 16.7. The number of nitrogens with zero attached hydrogens (tertiary/aromatic N) is 3. The fraction of sp³-hybridized carbons (Fsp3) is 0.156. The van der Waals surface area contributed by atoms with Crippen molar-refractivity contribution in [2.75, 3.05) is 4.90 Å². The van der Waals surface area contributed by atoms with Gasteiger partial charge in [0.1, 0.15) is 5.82 Å². The smallest absolute Gasteiger partial charge is 0.161 e. The van der Waals surface area contributed by atoms with E-state index < -0.39 is 0 Å². The van der Waals surface area contributed by atoms with Crippen LogP contribution in [0.5, 0.6) is 0 Å². The van der Waals surface area contributed by atoms with Gasteiger partial charge in [0.2, 0.25) is 0 Å². The Morgan fingerprint density at radius 2 is 1.04 bits per heavy atom. The molecule has 0 saturated heterocycles. The Morgan fingerprint density at radius 1 is 0.500 bits per heavy atom. The predicted octanol–water partition coefficient (Wildman–Crippen LogP) is 11.8. The molecule has 1 aromatic heterocycles. The zero-order valence-electron chi connectivity index (χ0n) is 28.6. The molecule has 3 heteroatoms. The number of anilines is 3. The minimum atomic E-state index is 0.109. The highest BCUT2D eigenvalue weighted by molar-refractivity contribution is 5.89. The third kappa shape index (κ3) is 6.00. The number of aromatic nitrogens is 2. The lowest BCUT2D eigenvalue weighted by molar-refractivity contribution is 0.919. The maximum atomic E-state index is 5.11. The lowest BCUT2D eigenvalue weighted by atomic mass is 9.77. The third-order valence-electron chi connectivity index (χ3n) is 9.43. The van der Waals surface area contributed by atoms with Crippen LogP contribution in [-0.4, -0.2) is 9.97 Å². The fourth-order valence-corrected chi connectivity index (χ4v) is 7.52. The highest BCUT2D eigenvalue weighted by Crippen LogP contribution is 2.42. The van der Waals surface area contributed by atoms with E-state index in [-0.39, 0.29) is 5.92 Å². The summed E-state index contributed by atoms with van der Waals surface area (Å²) in [4.78, 5) is 12.0. The average molecular weight is 624 g/mol. The summed E-state index contributed by atoms with van der Waals surface area (Å²) >= 11 is 0. The van der Waals surface area contributed by atoms with Gasteiger partial charge >= 0.3 is 0 Å². The molecule has 48 heavy (non-hydrogen) atoms. The summed E-state index contributed by atoms with van der Waals surface area (Å²) in [5, 5.41) is 2.39. The van der Waals surface area contributed by atoms with Crippen LogP contribution in [0.2, 0.25) is 0 Å². The van der Waals surface area contributed by atoms with Gasteiger partial charge in [-0.05, 0) is 122 Å². The van der Waals surface area contributed by atoms with Gasteiger partial charge in [0.15, 0.2) is 5.82 Å². The van der Waals surface area contributed by atoms with Gasteiger partial charge in [0.25, 0.3) is 0 Å². The highest BCUT2D eigenvalue weighted by Gasteiger charge is 2.25. The minimum Gasteiger partial charge on any atom is -0.295 e. The lowest BCUT2D eigenvalue weighted by Gasteiger charge is -2.28. The van der Waals surface area contributed by atoms with Crippen molar-refractivity contribution in [2.24, 2.45) is 0 Å². The van der Waals surface area contributed by atoms with E-state index in [0.29, 0.717) is 5.82 Å². The molecule has 0 saturated carbocycles. The van der Waals surface area contributed by atoms with E-state index in [1.807, 2.05) is 30.5 Å². The summed E-state index contributed by atoms with van der Waals surface area (Å²) < 4.78 is 0. The van der Waals surface area contributed by atoms with Gasteiger partial charge in [-0.25, -0.2) is 9.97 Å². The maximum absolute atomic E-state index is 5.11. The summed E-state index contributed by atoms with van der Waals surface area (Å²) in [6.07, 6.45) is 1.86. The van der Waals surface area contributed by atoms with Crippen molar-refractivity contribution >= 4 is 28.0 Å². The van der Waals surface area contributed by atoms with E-state index >= 15 is 0 Å².